The van der Waals surface area contributed by atoms with E-state index >= 15 is 0 Å². The molecule has 1 aromatic heterocycles. The number of hydrogen-bond acceptors (Lipinski definition) is 4. The summed E-state index contributed by atoms with van der Waals surface area (Å²) < 4.78 is 16.5. The van der Waals surface area contributed by atoms with Crippen LogP contribution in [0.1, 0.15) is 49.7 Å². The molecule has 0 N–H and O–H groups in total. The number of imidazole rings is 1. The Kier molecular flexibility index (Phi) is 4.02. The molecule has 2 saturated carbocycles. The van der Waals surface area contributed by atoms with Gasteiger partial charge in [-0.3, -0.25) is 9.80 Å². The number of benzene rings is 1. The average molecular weight is 476 g/mol. The van der Waals surface area contributed by atoms with Gasteiger partial charge in [0.05, 0.1) is 20.2 Å². The van der Waals surface area contributed by atoms with E-state index < -0.39 is 0 Å². The lowest BCUT2D eigenvalue weighted by Gasteiger charge is -2.65. The number of amides is 1. The molecule has 5 atom stereocenters. The average Bonchev–Trinajstić information content (AvgIpc) is 3.54. The third-order valence-corrected chi connectivity index (χ3v) is 10.6. The summed E-state index contributed by atoms with van der Waals surface area (Å²) in [5.74, 6) is 2.72. The fraction of sp³-hybridized carbons (Fsp3) is 0.643. The number of aryl methyl sites for hydroxylation is 1. The van der Waals surface area contributed by atoms with E-state index in [2.05, 4.69) is 21.9 Å². The summed E-state index contributed by atoms with van der Waals surface area (Å²) >= 11 is 0. The van der Waals surface area contributed by atoms with Crippen LogP contribution in [0.3, 0.4) is 0 Å². The molecule has 1 aromatic carbocycles. The Hall–Kier alpha value is -2.54. The van der Waals surface area contributed by atoms with Crippen molar-refractivity contribution in [2.45, 2.75) is 68.5 Å². The molecule has 9 rings (SSSR count). The highest BCUT2D eigenvalue weighted by Crippen LogP contribution is 2.71. The molecule has 3 aliphatic carbocycles. The van der Waals surface area contributed by atoms with Crippen molar-refractivity contribution in [3.05, 3.63) is 42.0 Å². The molecule has 7 nitrogen and oxygen atoms in total. The van der Waals surface area contributed by atoms with Gasteiger partial charge in [0, 0.05) is 35.5 Å². The summed E-state index contributed by atoms with van der Waals surface area (Å²) in [4.78, 5) is 18.9. The minimum atomic E-state index is -0.0194. The Morgan fingerprint density at radius 3 is 2.86 bits per heavy atom. The van der Waals surface area contributed by atoms with Gasteiger partial charge in [-0.25, -0.2) is 9.36 Å². The maximum atomic E-state index is 13.8. The smallest absolute Gasteiger partial charge is 0.416 e. The summed E-state index contributed by atoms with van der Waals surface area (Å²) in [6, 6.07) is 5.13. The summed E-state index contributed by atoms with van der Waals surface area (Å²) in [5, 5.41) is 0. The van der Waals surface area contributed by atoms with Crippen LogP contribution in [0.25, 0.3) is 0 Å². The molecule has 5 heterocycles. The number of carbonyl (C=O) groups excluding carboxylic acids is 1. The van der Waals surface area contributed by atoms with E-state index in [1.54, 1.807) is 11.7 Å². The van der Waals surface area contributed by atoms with Crippen molar-refractivity contribution in [2.24, 2.45) is 18.4 Å². The fourth-order valence-electron chi connectivity index (χ4n) is 9.09. The first kappa shape index (κ1) is 20.6. The van der Waals surface area contributed by atoms with Gasteiger partial charge in [-0.05, 0) is 69.0 Å². The molecule has 2 spiro atoms. The number of ether oxygens (including phenoxy) is 2. The number of hydrogen-bond donors (Lipinski definition) is 0. The molecule has 3 saturated heterocycles. The molecule has 184 valence electrons. The zero-order chi connectivity index (χ0) is 23.5. The lowest BCUT2D eigenvalue weighted by molar-refractivity contribution is -0.670. The number of fused-ring (bicyclic) bond motifs is 3. The lowest BCUT2D eigenvalue weighted by atomic mass is 9.42. The number of rotatable bonds is 3. The van der Waals surface area contributed by atoms with Crippen LogP contribution in [0.5, 0.6) is 11.5 Å². The maximum absolute atomic E-state index is 13.8. The molecule has 4 bridgehead atoms. The molecule has 0 unspecified atom stereocenters. The summed E-state index contributed by atoms with van der Waals surface area (Å²) in [5.41, 5.74) is 3.04. The van der Waals surface area contributed by atoms with Gasteiger partial charge in [0.25, 0.3) is 6.33 Å². The zero-order valence-electron chi connectivity index (χ0n) is 20.8. The van der Waals surface area contributed by atoms with Gasteiger partial charge in [-0.2, -0.15) is 4.57 Å². The highest BCUT2D eigenvalue weighted by molar-refractivity contribution is 5.77. The van der Waals surface area contributed by atoms with Crippen molar-refractivity contribution in [3.8, 4) is 11.5 Å². The van der Waals surface area contributed by atoms with Crippen molar-refractivity contribution < 1.29 is 18.8 Å². The van der Waals surface area contributed by atoms with Crippen LogP contribution < -0.4 is 14.0 Å². The minimum Gasteiger partial charge on any atom is -0.493 e. The lowest BCUT2D eigenvalue weighted by Crippen LogP contribution is -2.72. The van der Waals surface area contributed by atoms with Crippen molar-refractivity contribution in [2.75, 3.05) is 26.7 Å². The van der Waals surface area contributed by atoms with Crippen LogP contribution in [0.2, 0.25) is 0 Å². The van der Waals surface area contributed by atoms with E-state index in [-0.39, 0.29) is 29.0 Å². The van der Waals surface area contributed by atoms with E-state index in [0.717, 1.165) is 56.2 Å². The molecule has 7 heteroatoms. The predicted octanol–water partition coefficient (Wildman–Crippen LogP) is 2.88. The third-order valence-electron chi connectivity index (χ3n) is 10.6. The molecule has 35 heavy (non-hydrogen) atoms. The van der Waals surface area contributed by atoms with Gasteiger partial charge in [0.2, 0.25) is 0 Å². The van der Waals surface area contributed by atoms with Crippen molar-refractivity contribution in [3.63, 3.8) is 0 Å². The van der Waals surface area contributed by atoms with Gasteiger partial charge < -0.3 is 9.47 Å². The molecule has 4 aliphatic heterocycles. The number of methoxy groups -OCH3 is 1. The Morgan fingerprint density at radius 1 is 1.20 bits per heavy atom. The summed E-state index contributed by atoms with van der Waals surface area (Å²) in [7, 11) is 3.72. The summed E-state index contributed by atoms with van der Waals surface area (Å²) in [6.45, 7) is 3.21. The van der Waals surface area contributed by atoms with Crippen molar-refractivity contribution in [1.82, 2.24) is 14.4 Å². The van der Waals surface area contributed by atoms with Crippen LogP contribution >= 0.6 is 0 Å². The predicted molar refractivity (Wildman–Crippen MR) is 129 cm³/mol. The first-order valence-corrected chi connectivity index (χ1v) is 13.5. The van der Waals surface area contributed by atoms with Gasteiger partial charge >= 0.3 is 6.03 Å². The van der Waals surface area contributed by atoms with Crippen molar-refractivity contribution in [1.29, 1.82) is 0 Å². The Morgan fingerprint density at radius 2 is 2.09 bits per heavy atom. The minimum absolute atomic E-state index is 0.00272. The molecule has 7 aliphatic rings. The SMILES string of the molecule is COc1ccc2c3c1O[C@H]1[C@H]4CC[C@@]5(CCN4C(=O)n4cc[n+](C)c4)[C@@H](C2)N(CC2CC2)CC[C@]315. The highest BCUT2D eigenvalue weighted by Gasteiger charge is 2.74. The van der Waals surface area contributed by atoms with Gasteiger partial charge in [-0.15, -0.1) is 0 Å². The Balaban J connectivity index is 1.30. The van der Waals surface area contributed by atoms with E-state index in [0.29, 0.717) is 6.04 Å². The molecular weight excluding hydrogens is 440 g/mol. The first-order valence-electron chi connectivity index (χ1n) is 13.5. The van der Waals surface area contributed by atoms with Crippen LogP contribution in [-0.2, 0) is 18.9 Å². The third kappa shape index (κ3) is 2.45. The molecular formula is C28H35N4O3+. The molecule has 0 radical (unpaired) electrons. The second kappa shape index (κ2) is 6.81. The second-order valence-electron chi connectivity index (χ2n) is 12.0. The van der Waals surface area contributed by atoms with E-state index in [1.165, 1.54) is 36.9 Å². The normalized spacial score (nSPS) is 36.5. The van der Waals surface area contributed by atoms with E-state index in [4.69, 9.17) is 9.47 Å². The van der Waals surface area contributed by atoms with Crippen LogP contribution in [0, 0.1) is 11.3 Å². The maximum Gasteiger partial charge on any atom is 0.416 e. The standard InChI is InChI=1S/C28H35N4O3/c1-29-13-14-31(17-29)26(33)32-12-9-27-8-7-20(32)25-28(27)10-11-30(16-18-3-4-18)22(27)15-19-5-6-21(34-2)24(35-25)23(19)28/h5-6,13-14,17-18,20,22,25H,3-4,7-12,15-16H2,1-2H3/q+1/t20-,22-,25+,27-,28+/m1/s1. The number of aromatic nitrogens is 2. The van der Waals surface area contributed by atoms with Crippen LogP contribution in [0.4, 0.5) is 4.79 Å². The van der Waals surface area contributed by atoms with Crippen molar-refractivity contribution >= 4 is 6.03 Å². The quantitative estimate of drug-likeness (QED) is 0.641. The summed E-state index contributed by atoms with van der Waals surface area (Å²) in [6.07, 6.45) is 14.0. The Bertz CT molecular complexity index is 1240. The molecule has 1 amide bonds. The highest BCUT2D eigenvalue weighted by atomic mass is 16.5. The van der Waals surface area contributed by atoms with Crippen LogP contribution in [-0.4, -0.2) is 65.3 Å². The van der Waals surface area contributed by atoms with Gasteiger partial charge in [-0.1, -0.05) is 6.07 Å². The monoisotopic (exact) mass is 475 g/mol. The van der Waals surface area contributed by atoms with Crippen LogP contribution in [0.15, 0.2) is 30.9 Å². The number of carbonyl (C=O) groups is 1. The Labute approximate surface area is 206 Å². The number of likely N-dealkylation sites (tertiary alicyclic amines) is 1. The van der Waals surface area contributed by atoms with Gasteiger partial charge in [0.1, 0.15) is 18.5 Å². The molecule has 2 aromatic rings. The second-order valence-corrected chi connectivity index (χ2v) is 12.0. The van der Waals surface area contributed by atoms with Gasteiger partial charge in [0.15, 0.2) is 11.5 Å². The fourth-order valence-corrected chi connectivity index (χ4v) is 9.09. The zero-order valence-corrected chi connectivity index (χ0v) is 20.8. The first-order chi connectivity index (χ1) is 17.1. The molecule has 5 fully saturated rings. The van der Waals surface area contributed by atoms with E-state index in [1.807, 2.05) is 30.3 Å². The topological polar surface area (TPSA) is 50.8 Å². The largest absolute Gasteiger partial charge is 0.493 e. The number of nitrogens with zero attached hydrogens (tertiary/aromatic N) is 4. The van der Waals surface area contributed by atoms with E-state index in [9.17, 15) is 4.79 Å². The number of piperidine rings is 1.